The van der Waals surface area contributed by atoms with E-state index in [0.717, 1.165) is 5.01 Å². The highest BCUT2D eigenvalue weighted by Gasteiger charge is 2.48. The van der Waals surface area contributed by atoms with Crippen LogP contribution in [0, 0.1) is 5.82 Å². The zero-order chi connectivity index (χ0) is 20.5. The maximum absolute atomic E-state index is 13.3. The molecule has 6 nitrogen and oxygen atoms in total. The third kappa shape index (κ3) is 3.31. The molecule has 0 radical (unpaired) electrons. The highest BCUT2D eigenvalue weighted by atomic mass is 32.1. The van der Waals surface area contributed by atoms with Gasteiger partial charge in [0.05, 0.1) is 11.6 Å². The summed E-state index contributed by atoms with van der Waals surface area (Å²) >= 11 is 1.22. The summed E-state index contributed by atoms with van der Waals surface area (Å²) in [4.78, 5) is 27.1. The van der Waals surface area contributed by atoms with Gasteiger partial charge in [0.2, 0.25) is 5.13 Å². The van der Waals surface area contributed by atoms with Crippen LogP contribution in [0.5, 0.6) is 0 Å². The van der Waals surface area contributed by atoms with Crippen molar-refractivity contribution in [2.24, 2.45) is 0 Å². The minimum Gasteiger partial charge on any atom is -0.507 e. The highest BCUT2D eigenvalue weighted by Crippen LogP contribution is 2.42. The lowest BCUT2D eigenvalue weighted by atomic mass is 9.95. The van der Waals surface area contributed by atoms with Crippen LogP contribution in [0.2, 0.25) is 0 Å². The number of Topliss-reactive ketones (excluding diaryl/α,β-unsaturated/α-hetero) is 1. The number of aliphatic hydroxyl groups excluding tert-OH is 1. The molecule has 1 aliphatic rings. The fraction of sp³-hybridized carbons (Fsp3) is 0.143. The zero-order valence-electron chi connectivity index (χ0n) is 15.4. The van der Waals surface area contributed by atoms with Gasteiger partial charge in [-0.25, -0.2) is 4.39 Å². The van der Waals surface area contributed by atoms with Gasteiger partial charge in [-0.3, -0.25) is 14.5 Å². The Kier molecular flexibility index (Phi) is 4.94. The number of aromatic nitrogens is 2. The number of nitrogens with zero attached hydrogens (tertiary/aromatic N) is 3. The monoisotopic (exact) mass is 409 g/mol. The number of carbonyl (C=O) groups is 2. The number of benzene rings is 2. The number of hydrogen-bond donors (Lipinski definition) is 1. The average molecular weight is 409 g/mol. The molecule has 1 saturated heterocycles. The molecule has 2 heterocycles. The van der Waals surface area contributed by atoms with Gasteiger partial charge in [0, 0.05) is 5.56 Å². The molecule has 1 unspecified atom stereocenters. The maximum atomic E-state index is 13.3. The van der Waals surface area contributed by atoms with Crippen LogP contribution in [0.3, 0.4) is 0 Å². The number of anilines is 1. The number of carbonyl (C=O) groups excluding carboxylic acids is 2. The van der Waals surface area contributed by atoms with Crippen LogP contribution in [0.1, 0.15) is 29.1 Å². The fourth-order valence-electron chi connectivity index (χ4n) is 3.23. The molecule has 1 aliphatic heterocycles. The molecular formula is C21H16FN3O3S. The summed E-state index contributed by atoms with van der Waals surface area (Å²) in [5, 5.41) is 20.0. The van der Waals surface area contributed by atoms with E-state index in [1.807, 2.05) is 13.0 Å². The molecule has 8 heteroatoms. The van der Waals surface area contributed by atoms with E-state index in [4.69, 9.17) is 0 Å². The number of ketones is 1. The Hall–Kier alpha value is -3.39. The van der Waals surface area contributed by atoms with Gasteiger partial charge in [-0.15, -0.1) is 10.2 Å². The van der Waals surface area contributed by atoms with Crippen LogP contribution in [-0.2, 0) is 16.0 Å². The van der Waals surface area contributed by atoms with Crippen molar-refractivity contribution in [2.45, 2.75) is 19.4 Å². The first kappa shape index (κ1) is 18.9. The van der Waals surface area contributed by atoms with Gasteiger partial charge in [-0.05, 0) is 36.2 Å². The maximum Gasteiger partial charge on any atom is 0.301 e. The summed E-state index contributed by atoms with van der Waals surface area (Å²) in [6, 6.07) is 13.1. The van der Waals surface area contributed by atoms with Crippen molar-refractivity contribution in [3.8, 4) is 0 Å². The van der Waals surface area contributed by atoms with E-state index < -0.39 is 23.5 Å². The second kappa shape index (κ2) is 7.56. The molecule has 1 amide bonds. The Bertz CT molecular complexity index is 1110. The topological polar surface area (TPSA) is 83.4 Å². The first-order valence-corrected chi connectivity index (χ1v) is 9.77. The molecular weight excluding hydrogens is 393 g/mol. The zero-order valence-corrected chi connectivity index (χ0v) is 16.2. The third-order valence-electron chi connectivity index (χ3n) is 4.64. The van der Waals surface area contributed by atoms with Gasteiger partial charge in [0.25, 0.3) is 5.78 Å². The van der Waals surface area contributed by atoms with Gasteiger partial charge in [-0.2, -0.15) is 0 Å². The molecule has 2 aromatic carbocycles. The Labute approximate surface area is 169 Å². The highest BCUT2D eigenvalue weighted by molar-refractivity contribution is 7.15. The molecule has 1 N–H and O–H groups in total. The Morgan fingerprint density at radius 2 is 1.79 bits per heavy atom. The summed E-state index contributed by atoms with van der Waals surface area (Å²) in [5.41, 5.74) is 0.821. The van der Waals surface area contributed by atoms with E-state index in [0.29, 0.717) is 12.0 Å². The molecule has 146 valence electrons. The van der Waals surface area contributed by atoms with Crippen LogP contribution in [-0.4, -0.2) is 27.0 Å². The molecule has 0 spiro atoms. The number of hydrogen-bond acceptors (Lipinski definition) is 6. The second-order valence-electron chi connectivity index (χ2n) is 6.42. The van der Waals surface area contributed by atoms with E-state index in [9.17, 15) is 19.1 Å². The van der Waals surface area contributed by atoms with Crippen LogP contribution in [0.4, 0.5) is 9.52 Å². The molecule has 4 rings (SSSR count). The number of rotatable bonds is 4. The van der Waals surface area contributed by atoms with E-state index in [1.165, 1.54) is 40.5 Å². The normalized spacial score (nSPS) is 18.4. The predicted molar refractivity (Wildman–Crippen MR) is 107 cm³/mol. The van der Waals surface area contributed by atoms with Crippen LogP contribution < -0.4 is 4.90 Å². The number of aryl methyl sites for hydroxylation is 1. The van der Waals surface area contributed by atoms with E-state index >= 15 is 0 Å². The number of aliphatic hydroxyl groups is 1. The lowest BCUT2D eigenvalue weighted by Crippen LogP contribution is -2.29. The first-order chi connectivity index (χ1) is 14.0. The molecule has 0 aliphatic carbocycles. The van der Waals surface area contributed by atoms with E-state index in [-0.39, 0.29) is 22.0 Å². The van der Waals surface area contributed by atoms with Crippen molar-refractivity contribution >= 4 is 33.9 Å². The smallest absolute Gasteiger partial charge is 0.301 e. The van der Waals surface area contributed by atoms with E-state index in [1.54, 1.807) is 24.3 Å². The quantitative estimate of drug-likeness (QED) is 0.402. The Morgan fingerprint density at radius 3 is 2.41 bits per heavy atom. The van der Waals surface area contributed by atoms with Gasteiger partial charge < -0.3 is 5.11 Å². The van der Waals surface area contributed by atoms with Crippen LogP contribution in [0.15, 0.2) is 60.2 Å². The molecule has 0 saturated carbocycles. The van der Waals surface area contributed by atoms with Crippen molar-refractivity contribution < 1.29 is 19.1 Å². The van der Waals surface area contributed by atoms with Gasteiger partial charge in [-0.1, -0.05) is 48.6 Å². The van der Waals surface area contributed by atoms with Crippen LogP contribution in [0.25, 0.3) is 5.76 Å². The Balaban J connectivity index is 1.91. The van der Waals surface area contributed by atoms with Gasteiger partial charge in [0.1, 0.15) is 16.6 Å². The second-order valence-corrected chi connectivity index (χ2v) is 7.46. The molecule has 1 aromatic heterocycles. The lowest BCUT2D eigenvalue weighted by molar-refractivity contribution is -0.132. The van der Waals surface area contributed by atoms with Gasteiger partial charge in [0.15, 0.2) is 0 Å². The SMILES string of the molecule is CCc1nnc(N2C(=O)C(=O)/C(=C(/O)c3ccc(F)cc3)C2c2ccccc2)s1. The molecule has 29 heavy (non-hydrogen) atoms. The van der Waals surface area contributed by atoms with Crippen molar-refractivity contribution in [2.75, 3.05) is 4.90 Å². The van der Waals surface area contributed by atoms with Crippen molar-refractivity contribution in [1.29, 1.82) is 0 Å². The van der Waals surface area contributed by atoms with Gasteiger partial charge >= 0.3 is 5.91 Å². The Morgan fingerprint density at radius 1 is 1.10 bits per heavy atom. The average Bonchev–Trinajstić information content (AvgIpc) is 3.31. The third-order valence-corrected chi connectivity index (χ3v) is 5.71. The fourth-order valence-corrected chi connectivity index (χ4v) is 4.03. The number of halogens is 1. The standard InChI is InChI=1S/C21H16FN3O3S/c1-2-15-23-24-21(29-15)25-17(12-6-4-3-5-7-12)16(19(27)20(25)28)18(26)13-8-10-14(22)11-9-13/h3-11,17,26H,2H2,1H3/b18-16+. The summed E-state index contributed by atoms with van der Waals surface area (Å²) in [6.45, 7) is 1.92. The van der Waals surface area contributed by atoms with Crippen molar-refractivity contribution in [3.63, 3.8) is 0 Å². The summed E-state index contributed by atoms with van der Waals surface area (Å²) in [5.74, 6) is -2.45. The minimum absolute atomic E-state index is 0.0685. The molecule has 1 fully saturated rings. The molecule has 0 bridgehead atoms. The summed E-state index contributed by atoms with van der Waals surface area (Å²) in [7, 11) is 0. The molecule has 3 aromatic rings. The predicted octanol–water partition coefficient (Wildman–Crippen LogP) is 3.87. The van der Waals surface area contributed by atoms with E-state index in [2.05, 4.69) is 10.2 Å². The summed E-state index contributed by atoms with van der Waals surface area (Å²) in [6.07, 6.45) is 0.646. The largest absolute Gasteiger partial charge is 0.507 e. The molecule has 1 atom stereocenters. The van der Waals surface area contributed by atoms with Crippen molar-refractivity contribution in [3.05, 3.63) is 82.1 Å². The summed E-state index contributed by atoms with van der Waals surface area (Å²) < 4.78 is 13.3. The van der Waals surface area contributed by atoms with Crippen LogP contribution >= 0.6 is 11.3 Å². The van der Waals surface area contributed by atoms with Crippen molar-refractivity contribution in [1.82, 2.24) is 10.2 Å². The number of amides is 1. The minimum atomic E-state index is -0.862. The lowest BCUT2D eigenvalue weighted by Gasteiger charge is -2.22. The first-order valence-electron chi connectivity index (χ1n) is 8.95.